The highest BCUT2D eigenvalue weighted by Crippen LogP contribution is 2.26. The molecule has 1 rings (SSSR count). The second-order valence-electron chi connectivity index (χ2n) is 2.46. The molecule has 0 spiro atoms. The van der Waals surface area contributed by atoms with E-state index < -0.39 is 0 Å². The van der Waals surface area contributed by atoms with Gasteiger partial charge in [0, 0.05) is 24.2 Å². The van der Waals surface area contributed by atoms with Crippen LogP contribution in [0.2, 0.25) is 0 Å². The van der Waals surface area contributed by atoms with Crippen molar-refractivity contribution >= 4 is 11.8 Å². The summed E-state index contributed by atoms with van der Waals surface area (Å²) >= 11 is 1.88. The molecule has 66 valence electrons. The van der Waals surface area contributed by atoms with Crippen LogP contribution in [0.25, 0.3) is 0 Å². The molecule has 1 atom stereocenters. The van der Waals surface area contributed by atoms with Gasteiger partial charge in [-0.15, -0.1) is 0 Å². The molecule has 0 aliphatic carbocycles. The molecule has 1 heterocycles. The summed E-state index contributed by atoms with van der Waals surface area (Å²) < 4.78 is 0. The SMILES string of the molecule is CCSC(CN)c1ccncc1. The average Bonchev–Trinajstić information content (AvgIpc) is 2.15. The van der Waals surface area contributed by atoms with E-state index in [1.807, 2.05) is 36.3 Å². The summed E-state index contributed by atoms with van der Waals surface area (Å²) in [6.45, 7) is 2.84. The number of nitrogens with two attached hydrogens (primary N) is 1. The Bertz CT molecular complexity index is 213. The lowest BCUT2D eigenvalue weighted by molar-refractivity contribution is 0.937. The van der Waals surface area contributed by atoms with Crippen molar-refractivity contribution in [2.45, 2.75) is 12.2 Å². The third kappa shape index (κ3) is 2.50. The minimum Gasteiger partial charge on any atom is -0.329 e. The van der Waals surface area contributed by atoms with E-state index in [2.05, 4.69) is 11.9 Å². The Kier molecular flexibility index (Phi) is 4.11. The first-order chi connectivity index (χ1) is 5.88. The molecule has 3 heteroatoms. The number of thioether (sulfide) groups is 1. The highest BCUT2D eigenvalue weighted by molar-refractivity contribution is 7.99. The average molecular weight is 182 g/mol. The van der Waals surface area contributed by atoms with Gasteiger partial charge in [0.2, 0.25) is 0 Å². The predicted molar refractivity (Wildman–Crippen MR) is 54.2 cm³/mol. The third-order valence-corrected chi connectivity index (χ3v) is 2.86. The van der Waals surface area contributed by atoms with E-state index in [1.54, 1.807) is 0 Å². The summed E-state index contributed by atoms with van der Waals surface area (Å²) in [5.74, 6) is 1.10. The highest BCUT2D eigenvalue weighted by atomic mass is 32.2. The molecule has 0 aliphatic heterocycles. The lowest BCUT2D eigenvalue weighted by atomic mass is 10.2. The maximum atomic E-state index is 5.65. The lowest BCUT2D eigenvalue weighted by Gasteiger charge is -2.12. The van der Waals surface area contributed by atoms with Gasteiger partial charge < -0.3 is 5.73 Å². The van der Waals surface area contributed by atoms with Gasteiger partial charge in [-0.25, -0.2) is 0 Å². The van der Waals surface area contributed by atoms with Gasteiger partial charge in [-0.3, -0.25) is 4.98 Å². The first-order valence-electron chi connectivity index (χ1n) is 4.10. The Labute approximate surface area is 77.6 Å². The zero-order chi connectivity index (χ0) is 8.81. The van der Waals surface area contributed by atoms with Crippen molar-refractivity contribution in [3.63, 3.8) is 0 Å². The summed E-state index contributed by atoms with van der Waals surface area (Å²) in [5, 5.41) is 0.429. The van der Waals surface area contributed by atoms with Crippen LogP contribution >= 0.6 is 11.8 Å². The highest BCUT2D eigenvalue weighted by Gasteiger charge is 2.07. The van der Waals surface area contributed by atoms with Gasteiger partial charge in [0.05, 0.1) is 0 Å². The number of nitrogens with zero attached hydrogens (tertiary/aromatic N) is 1. The molecule has 0 saturated heterocycles. The molecular formula is C9H14N2S. The van der Waals surface area contributed by atoms with Crippen LogP contribution in [0.5, 0.6) is 0 Å². The first-order valence-corrected chi connectivity index (χ1v) is 5.15. The molecular weight excluding hydrogens is 168 g/mol. The van der Waals surface area contributed by atoms with Gasteiger partial charge in [-0.2, -0.15) is 11.8 Å². The van der Waals surface area contributed by atoms with E-state index in [0.29, 0.717) is 11.8 Å². The molecule has 1 unspecified atom stereocenters. The molecule has 2 nitrogen and oxygen atoms in total. The fourth-order valence-corrected chi connectivity index (χ4v) is 1.97. The summed E-state index contributed by atoms with van der Waals surface area (Å²) in [6.07, 6.45) is 3.63. The van der Waals surface area contributed by atoms with Crippen LogP contribution in [0.15, 0.2) is 24.5 Å². The molecule has 12 heavy (non-hydrogen) atoms. The van der Waals surface area contributed by atoms with E-state index in [0.717, 1.165) is 5.75 Å². The molecule has 1 aromatic heterocycles. The molecule has 0 bridgehead atoms. The number of rotatable bonds is 4. The maximum Gasteiger partial charge on any atom is 0.0420 e. The van der Waals surface area contributed by atoms with E-state index in [1.165, 1.54) is 5.56 Å². The summed E-state index contributed by atoms with van der Waals surface area (Å²) in [4.78, 5) is 3.97. The van der Waals surface area contributed by atoms with Crippen molar-refractivity contribution < 1.29 is 0 Å². The molecule has 0 saturated carbocycles. The fraction of sp³-hybridized carbons (Fsp3) is 0.444. The topological polar surface area (TPSA) is 38.9 Å². The molecule has 0 aliphatic rings. The number of pyridine rings is 1. The van der Waals surface area contributed by atoms with Gasteiger partial charge in [0.1, 0.15) is 0 Å². The van der Waals surface area contributed by atoms with Crippen LogP contribution in [0.3, 0.4) is 0 Å². The predicted octanol–water partition coefficient (Wildman–Crippen LogP) is 1.83. The summed E-state index contributed by atoms with van der Waals surface area (Å²) in [6, 6.07) is 4.06. The normalized spacial score (nSPS) is 12.8. The molecule has 0 amide bonds. The zero-order valence-corrected chi connectivity index (χ0v) is 8.05. The Balaban J connectivity index is 2.66. The van der Waals surface area contributed by atoms with Gasteiger partial charge in [0.15, 0.2) is 0 Å². The minimum absolute atomic E-state index is 0.429. The second-order valence-corrected chi connectivity index (χ2v) is 3.94. The second kappa shape index (κ2) is 5.17. The molecule has 2 N–H and O–H groups in total. The van der Waals surface area contributed by atoms with Crippen LogP contribution in [0, 0.1) is 0 Å². The molecule has 0 aromatic carbocycles. The molecule has 1 aromatic rings. The summed E-state index contributed by atoms with van der Waals surface area (Å²) in [7, 11) is 0. The molecule has 0 radical (unpaired) electrons. The van der Waals surface area contributed by atoms with Crippen LogP contribution in [0.4, 0.5) is 0 Å². The van der Waals surface area contributed by atoms with Crippen molar-refractivity contribution in [2.24, 2.45) is 5.73 Å². The standard InChI is InChI=1S/C9H14N2S/c1-2-12-9(7-10)8-3-5-11-6-4-8/h3-6,9H,2,7,10H2,1H3. The van der Waals surface area contributed by atoms with E-state index in [-0.39, 0.29) is 0 Å². The quantitative estimate of drug-likeness (QED) is 0.772. The van der Waals surface area contributed by atoms with E-state index >= 15 is 0 Å². The van der Waals surface area contributed by atoms with Gasteiger partial charge in [-0.05, 0) is 23.4 Å². The van der Waals surface area contributed by atoms with Gasteiger partial charge >= 0.3 is 0 Å². The monoisotopic (exact) mass is 182 g/mol. The minimum atomic E-state index is 0.429. The van der Waals surface area contributed by atoms with Crippen LogP contribution in [-0.2, 0) is 0 Å². The van der Waals surface area contributed by atoms with E-state index in [9.17, 15) is 0 Å². The van der Waals surface area contributed by atoms with Crippen molar-refractivity contribution in [1.82, 2.24) is 4.98 Å². The van der Waals surface area contributed by atoms with Gasteiger partial charge in [0.25, 0.3) is 0 Å². The van der Waals surface area contributed by atoms with Crippen molar-refractivity contribution in [3.8, 4) is 0 Å². The Morgan fingerprint density at radius 3 is 2.67 bits per heavy atom. The summed E-state index contributed by atoms with van der Waals surface area (Å²) in [5.41, 5.74) is 6.93. The fourth-order valence-electron chi connectivity index (χ4n) is 1.08. The van der Waals surface area contributed by atoms with E-state index in [4.69, 9.17) is 5.73 Å². The Morgan fingerprint density at radius 2 is 2.17 bits per heavy atom. The van der Waals surface area contributed by atoms with Crippen molar-refractivity contribution in [3.05, 3.63) is 30.1 Å². The number of aromatic nitrogens is 1. The maximum absolute atomic E-state index is 5.65. The Hall–Kier alpha value is -0.540. The van der Waals surface area contributed by atoms with Crippen LogP contribution in [-0.4, -0.2) is 17.3 Å². The lowest BCUT2D eigenvalue weighted by Crippen LogP contribution is -2.09. The van der Waals surface area contributed by atoms with Crippen molar-refractivity contribution in [2.75, 3.05) is 12.3 Å². The smallest absolute Gasteiger partial charge is 0.0420 e. The van der Waals surface area contributed by atoms with Crippen LogP contribution in [0.1, 0.15) is 17.7 Å². The van der Waals surface area contributed by atoms with Crippen molar-refractivity contribution in [1.29, 1.82) is 0 Å². The number of hydrogen-bond acceptors (Lipinski definition) is 3. The third-order valence-electron chi connectivity index (χ3n) is 1.66. The largest absolute Gasteiger partial charge is 0.329 e. The van der Waals surface area contributed by atoms with Crippen LogP contribution < -0.4 is 5.73 Å². The first kappa shape index (κ1) is 9.55. The zero-order valence-electron chi connectivity index (χ0n) is 7.23. The molecule has 0 fully saturated rings. The Morgan fingerprint density at radius 1 is 1.50 bits per heavy atom. The number of hydrogen-bond donors (Lipinski definition) is 1. The van der Waals surface area contributed by atoms with Gasteiger partial charge in [-0.1, -0.05) is 6.92 Å².